The molecule has 0 aliphatic rings. The lowest BCUT2D eigenvalue weighted by molar-refractivity contribution is -0.157. The molecule has 1 N–H and O–H groups in total. The second kappa shape index (κ2) is 8.98. The van der Waals surface area contributed by atoms with Gasteiger partial charge in [-0.05, 0) is 61.1 Å². The molecule has 0 amide bonds. The Labute approximate surface area is 158 Å². The van der Waals surface area contributed by atoms with Gasteiger partial charge in [0, 0.05) is 8.04 Å². The van der Waals surface area contributed by atoms with Crippen LogP contribution in [0, 0.1) is 8.99 Å². The number of carbonyl (C=O) groups is 2. The van der Waals surface area contributed by atoms with Gasteiger partial charge in [0.15, 0.2) is 0 Å². The van der Waals surface area contributed by atoms with Crippen molar-refractivity contribution < 1.29 is 24.2 Å². The summed E-state index contributed by atoms with van der Waals surface area (Å²) in [5.41, 5.74) is -0.205. The molecule has 0 saturated carbocycles. The predicted octanol–water partition coefficient (Wildman–Crippen LogP) is 3.55. The van der Waals surface area contributed by atoms with Crippen LogP contribution in [0.3, 0.4) is 0 Å². The van der Waals surface area contributed by atoms with Gasteiger partial charge in [0.1, 0.15) is 19.3 Å². The number of rotatable bonds is 7. The van der Waals surface area contributed by atoms with E-state index in [1.165, 1.54) is 0 Å². The highest BCUT2D eigenvalue weighted by Crippen LogP contribution is 2.21. The van der Waals surface area contributed by atoms with E-state index < -0.39 is 17.5 Å². The van der Waals surface area contributed by atoms with Gasteiger partial charge >= 0.3 is 11.9 Å². The van der Waals surface area contributed by atoms with Gasteiger partial charge in [-0.1, -0.05) is 22.9 Å². The Morgan fingerprint density at radius 2 is 1.87 bits per heavy atom. The molecule has 0 spiro atoms. The zero-order chi connectivity index (χ0) is 17.6. The van der Waals surface area contributed by atoms with Crippen molar-refractivity contribution in [3.05, 3.63) is 31.8 Å². The van der Waals surface area contributed by atoms with E-state index in [0.717, 1.165) is 8.04 Å². The molecule has 0 bridgehead atoms. The fourth-order valence-corrected chi connectivity index (χ4v) is 3.08. The smallest absolute Gasteiger partial charge is 0.338 e. The summed E-state index contributed by atoms with van der Waals surface area (Å²) in [5, 5.41) is 9.78. The standard InChI is InChI=1S/C16H20BrIO5/c1-4-16(2,3)15(21)23-9-13(19)8-22-14(20)10-5-11(17)7-12(18)6-10/h5-7,13,19H,4,8-9H2,1-3H3. The van der Waals surface area contributed by atoms with Crippen molar-refractivity contribution in [2.24, 2.45) is 5.41 Å². The van der Waals surface area contributed by atoms with E-state index in [-0.39, 0.29) is 19.2 Å². The highest BCUT2D eigenvalue weighted by atomic mass is 127. The summed E-state index contributed by atoms with van der Waals surface area (Å²) in [7, 11) is 0. The van der Waals surface area contributed by atoms with Crippen LogP contribution in [0.25, 0.3) is 0 Å². The summed E-state index contributed by atoms with van der Waals surface area (Å²) in [5.74, 6) is -0.921. The summed E-state index contributed by atoms with van der Waals surface area (Å²) in [4.78, 5) is 23.7. The molecular weight excluding hydrogens is 479 g/mol. The van der Waals surface area contributed by atoms with Crippen molar-refractivity contribution >= 4 is 50.5 Å². The number of hydrogen-bond donors (Lipinski definition) is 1. The fourth-order valence-electron chi connectivity index (χ4n) is 1.49. The van der Waals surface area contributed by atoms with Gasteiger partial charge in [0.05, 0.1) is 11.0 Å². The van der Waals surface area contributed by atoms with Crippen LogP contribution >= 0.6 is 38.5 Å². The van der Waals surface area contributed by atoms with E-state index >= 15 is 0 Å². The molecule has 23 heavy (non-hydrogen) atoms. The Kier molecular flexibility index (Phi) is 7.96. The maximum atomic E-state index is 11.9. The fraction of sp³-hybridized carbons (Fsp3) is 0.500. The number of carbonyl (C=O) groups excluding carboxylic acids is 2. The lowest BCUT2D eigenvalue weighted by atomic mass is 9.91. The quantitative estimate of drug-likeness (QED) is 0.459. The lowest BCUT2D eigenvalue weighted by Crippen LogP contribution is -2.31. The molecule has 0 fully saturated rings. The third-order valence-corrected chi connectivity index (χ3v) is 4.43. The maximum absolute atomic E-state index is 11.9. The monoisotopic (exact) mass is 498 g/mol. The van der Waals surface area contributed by atoms with E-state index in [4.69, 9.17) is 9.47 Å². The van der Waals surface area contributed by atoms with Gasteiger partial charge in [-0.15, -0.1) is 0 Å². The minimum atomic E-state index is -1.05. The van der Waals surface area contributed by atoms with Gasteiger partial charge in [-0.25, -0.2) is 4.79 Å². The molecule has 128 valence electrons. The maximum Gasteiger partial charge on any atom is 0.338 e. The van der Waals surface area contributed by atoms with E-state index in [2.05, 4.69) is 38.5 Å². The van der Waals surface area contributed by atoms with Crippen LogP contribution in [0.1, 0.15) is 37.6 Å². The zero-order valence-corrected chi connectivity index (χ0v) is 17.0. The van der Waals surface area contributed by atoms with Crippen LogP contribution in [0.15, 0.2) is 22.7 Å². The van der Waals surface area contributed by atoms with Gasteiger partial charge < -0.3 is 14.6 Å². The first kappa shape index (κ1) is 20.4. The van der Waals surface area contributed by atoms with Crippen LogP contribution in [0.5, 0.6) is 0 Å². The van der Waals surface area contributed by atoms with Crippen LogP contribution < -0.4 is 0 Å². The molecule has 7 heteroatoms. The SMILES string of the molecule is CCC(C)(C)C(=O)OCC(O)COC(=O)c1cc(Br)cc(I)c1. The molecular formula is C16H20BrIO5. The van der Waals surface area contributed by atoms with Crippen molar-refractivity contribution in [2.75, 3.05) is 13.2 Å². The highest BCUT2D eigenvalue weighted by Gasteiger charge is 2.27. The van der Waals surface area contributed by atoms with Gasteiger partial charge in [0.2, 0.25) is 0 Å². The highest BCUT2D eigenvalue weighted by molar-refractivity contribution is 14.1. The predicted molar refractivity (Wildman–Crippen MR) is 98.2 cm³/mol. The molecule has 0 aliphatic carbocycles. The minimum absolute atomic E-state index is 0.203. The molecule has 0 radical (unpaired) electrons. The Morgan fingerprint density at radius 1 is 1.26 bits per heavy atom. The number of esters is 2. The summed E-state index contributed by atoms with van der Waals surface area (Å²) in [6.45, 7) is 5.00. The first-order chi connectivity index (χ1) is 10.7. The molecule has 1 aromatic carbocycles. The first-order valence-corrected chi connectivity index (χ1v) is 9.01. The summed E-state index contributed by atoms with van der Waals surface area (Å²) in [6.07, 6.45) is -0.417. The number of benzene rings is 1. The van der Waals surface area contributed by atoms with Crippen LogP contribution in [0.2, 0.25) is 0 Å². The lowest BCUT2D eigenvalue weighted by Gasteiger charge is -2.21. The average Bonchev–Trinajstić information content (AvgIpc) is 2.48. The van der Waals surface area contributed by atoms with Crippen molar-refractivity contribution in [3.63, 3.8) is 0 Å². The summed E-state index contributed by atoms with van der Waals surface area (Å²) in [6, 6.07) is 5.19. The van der Waals surface area contributed by atoms with E-state index in [1.54, 1.807) is 26.0 Å². The topological polar surface area (TPSA) is 72.8 Å². The Balaban J connectivity index is 2.45. The third kappa shape index (κ3) is 6.76. The van der Waals surface area contributed by atoms with E-state index in [1.807, 2.05) is 13.0 Å². The number of ether oxygens (including phenoxy) is 2. The van der Waals surface area contributed by atoms with Gasteiger partial charge in [-0.3, -0.25) is 4.79 Å². The normalized spacial score (nSPS) is 12.6. The molecule has 1 atom stereocenters. The number of aliphatic hydroxyl groups is 1. The number of halogens is 2. The van der Waals surface area contributed by atoms with Gasteiger partial charge in [-0.2, -0.15) is 0 Å². The van der Waals surface area contributed by atoms with Crippen LogP contribution in [-0.4, -0.2) is 36.4 Å². The molecule has 1 rings (SSSR count). The molecule has 0 aromatic heterocycles. The zero-order valence-electron chi connectivity index (χ0n) is 13.3. The first-order valence-electron chi connectivity index (χ1n) is 7.14. The van der Waals surface area contributed by atoms with Crippen molar-refractivity contribution in [1.82, 2.24) is 0 Å². The van der Waals surface area contributed by atoms with Crippen molar-refractivity contribution in [3.8, 4) is 0 Å². The number of hydrogen-bond acceptors (Lipinski definition) is 5. The second-order valence-electron chi connectivity index (χ2n) is 5.75. The molecule has 0 heterocycles. The molecule has 0 aliphatic heterocycles. The van der Waals surface area contributed by atoms with Crippen molar-refractivity contribution in [1.29, 1.82) is 0 Å². The second-order valence-corrected chi connectivity index (χ2v) is 7.91. The van der Waals surface area contributed by atoms with E-state index in [0.29, 0.717) is 12.0 Å². The summed E-state index contributed by atoms with van der Waals surface area (Å²) < 4.78 is 11.7. The minimum Gasteiger partial charge on any atom is -0.462 e. The van der Waals surface area contributed by atoms with Crippen LogP contribution in [-0.2, 0) is 14.3 Å². The number of aliphatic hydroxyl groups excluding tert-OH is 1. The molecule has 5 nitrogen and oxygen atoms in total. The Morgan fingerprint density at radius 3 is 2.43 bits per heavy atom. The summed E-state index contributed by atoms with van der Waals surface area (Å²) >= 11 is 5.40. The largest absolute Gasteiger partial charge is 0.462 e. The molecule has 1 unspecified atom stereocenters. The average molecular weight is 499 g/mol. The molecule has 1 aromatic rings. The third-order valence-electron chi connectivity index (χ3n) is 3.35. The molecule has 0 saturated heterocycles. The van der Waals surface area contributed by atoms with Crippen molar-refractivity contribution in [2.45, 2.75) is 33.3 Å². The van der Waals surface area contributed by atoms with Gasteiger partial charge in [0.25, 0.3) is 0 Å². The Hall–Kier alpha value is -0.670. The van der Waals surface area contributed by atoms with Crippen LogP contribution in [0.4, 0.5) is 0 Å². The van der Waals surface area contributed by atoms with E-state index in [9.17, 15) is 14.7 Å². The Bertz CT molecular complexity index is 553.